The van der Waals surface area contributed by atoms with Crippen molar-refractivity contribution in [3.63, 3.8) is 0 Å². The Hall–Kier alpha value is -3.69. The van der Waals surface area contributed by atoms with Crippen LogP contribution < -0.4 is 15.5 Å². The minimum atomic E-state index is -0.690. The van der Waals surface area contributed by atoms with Gasteiger partial charge in [-0.2, -0.15) is 5.10 Å². The van der Waals surface area contributed by atoms with Crippen LogP contribution in [0.15, 0.2) is 45.9 Å². The zero-order chi connectivity index (χ0) is 18.2. The maximum absolute atomic E-state index is 11.9. The highest BCUT2D eigenvalue weighted by Crippen LogP contribution is 2.13. The summed E-state index contributed by atoms with van der Waals surface area (Å²) in [6, 6.07) is 8.96. The molecule has 2 N–H and O–H groups in total. The highest BCUT2D eigenvalue weighted by atomic mass is 16.6. The summed E-state index contributed by atoms with van der Waals surface area (Å²) in [5.74, 6) is -0.826. The number of hydrogen-bond acceptors (Lipinski definition) is 7. The first-order valence-electron chi connectivity index (χ1n) is 6.98. The van der Waals surface area contributed by atoms with Crippen molar-refractivity contribution < 1.29 is 23.7 Å². The maximum atomic E-state index is 11.9. The Morgan fingerprint density at radius 3 is 2.84 bits per heavy atom. The highest BCUT2D eigenvalue weighted by molar-refractivity contribution is 5.96. The fourth-order valence-corrected chi connectivity index (χ4v) is 1.74. The van der Waals surface area contributed by atoms with Gasteiger partial charge < -0.3 is 14.5 Å². The van der Waals surface area contributed by atoms with Gasteiger partial charge in [0.25, 0.3) is 11.8 Å². The van der Waals surface area contributed by atoms with Crippen LogP contribution in [-0.2, 0) is 4.79 Å². The van der Waals surface area contributed by atoms with Crippen LogP contribution in [-0.4, -0.2) is 36.6 Å². The van der Waals surface area contributed by atoms with Gasteiger partial charge in [-0.3, -0.25) is 19.7 Å². The van der Waals surface area contributed by atoms with Crippen LogP contribution >= 0.6 is 0 Å². The van der Waals surface area contributed by atoms with E-state index >= 15 is 0 Å². The quantitative estimate of drug-likeness (QED) is 0.437. The van der Waals surface area contributed by atoms with Crippen molar-refractivity contribution in [1.82, 2.24) is 10.7 Å². The largest absolute Gasteiger partial charge is 0.497 e. The number of carbonyl (C=O) groups is 2. The van der Waals surface area contributed by atoms with Crippen molar-refractivity contribution in [3.8, 4) is 5.75 Å². The van der Waals surface area contributed by atoms with Crippen LogP contribution in [0.4, 0.5) is 5.88 Å². The lowest BCUT2D eigenvalue weighted by Crippen LogP contribution is -2.34. The molecule has 1 aromatic carbocycles. The number of furan rings is 1. The van der Waals surface area contributed by atoms with Crippen molar-refractivity contribution >= 4 is 23.9 Å². The molecule has 0 bridgehead atoms. The lowest BCUT2D eigenvalue weighted by Gasteiger charge is -2.05. The monoisotopic (exact) mass is 346 g/mol. The Balaban J connectivity index is 1.80. The molecule has 0 aliphatic rings. The van der Waals surface area contributed by atoms with Crippen molar-refractivity contribution in [2.24, 2.45) is 5.10 Å². The first-order chi connectivity index (χ1) is 12.0. The Morgan fingerprint density at radius 1 is 1.36 bits per heavy atom. The standard InChI is InChI=1S/C15H14N4O6/c1-24-11-4-2-3-10(7-11)15(21)16-9-13(20)18-17-8-12-5-6-14(25-12)19(22)23/h2-8H,9H2,1H3,(H,16,21)(H,18,20)/b17-8+. The molecule has 0 saturated heterocycles. The number of nitrogens with zero attached hydrogens (tertiary/aromatic N) is 2. The summed E-state index contributed by atoms with van der Waals surface area (Å²) < 4.78 is 9.84. The summed E-state index contributed by atoms with van der Waals surface area (Å²) in [5.41, 5.74) is 2.51. The summed E-state index contributed by atoms with van der Waals surface area (Å²) in [6.07, 6.45) is 1.11. The van der Waals surface area contributed by atoms with Gasteiger partial charge in [0.05, 0.1) is 25.9 Å². The molecule has 0 spiro atoms. The number of methoxy groups -OCH3 is 1. The van der Waals surface area contributed by atoms with Crippen molar-refractivity contribution in [2.45, 2.75) is 0 Å². The van der Waals surface area contributed by atoms with Gasteiger partial charge in [0, 0.05) is 5.56 Å². The molecule has 2 rings (SSSR count). The summed E-state index contributed by atoms with van der Waals surface area (Å²) in [7, 11) is 1.48. The third-order valence-electron chi connectivity index (χ3n) is 2.92. The molecule has 1 aromatic heterocycles. The molecule has 25 heavy (non-hydrogen) atoms. The van der Waals surface area contributed by atoms with Gasteiger partial charge in [-0.1, -0.05) is 6.07 Å². The molecular formula is C15H14N4O6. The molecule has 2 aromatic rings. The van der Waals surface area contributed by atoms with Gasteiger partial charge in [-0.15, -0.1) is 0 Å². The SMILES string of the molecule is COc1cccc(C(=O)NCC(=O)N/N=C/c2ccc([N+](=O)[O-])o2)c1. The molecule has 0 aliphatic carbocycles. The average Bonchev–Trinajstić information content (AvgIpc) is 3.09. The number of nitro groups is 1. The molecule has 1 heterocycles. The normalized spacial score (nSPS) is 10.4. The van der Waals surface area contributed by atoms with E-state index in [0.29, 0.717) is 11.3 Å². The van der Waals surface area contributed by atoms with Crippen LogP contribution in [0.5, 0.6) is 5.75 Å². The van der Waals surface area contributed by atoms with Crippen LogP contribution in [0.25, 0.3) is 0 Å². The van der Waals surface area contributed by atoms with Crippen LogP contribution in [0, 0.1) is 10.1 Å². The second-order valence-electron chi connectivity index (χ2n) is 4.64. The van der Waals surface area contributed by atoms with Gasteiger partial charge in [0.2, 0.25) is 0 Å². The van der Waals surface area contributed by atoms with Crippen LogP contribution in [0.3, 0.4) is 0 Å². The van der Waals surface area contributed by atoms with Gasteiger partial charge in [-0.25, -0.2) is 5.43 Å². The van der Waals surface area contributed by atoms with Crippen LogP contribution in [0.1, 0.15) is 16.1 Å². The lowest BCUT2D eigenvalue weighted by molar-refractivity contribution is -0.402. The molecule has 0 unspecified atom stereocenters. The fraction of sp³-hybridized carbons (Fsp3) is 0.133. The first-order valence-corrected chi connectivity index (χ1v) is 6.98. The number of amides is 2. The molecule has 10 nitrogen and oxygen atoms in total. The Kier molecular flexibility index (Phi) is 5.82. The fourth-order valence-electron chi connectivity index (χ4n) is 1.74. The molecule has 130 valence electrons. The highest BCUT2D eigenvalue weighted by Gasteiger charge is 2.11. The zero-order valence-corrected chi connectivity index (χ0v) is 13.1. The number of benzene rings is 1. The van der Waals surface area contributed by atoms with E-state index in [2.05, 4.69) is 15.8 Å². The first kappa shape index (κ1) is 17.7. The van der Waals surface area contributed by atoms with E-state index in [9.17, 15) is 19.7 Å². The molecule has 0 radical (unpaired) electrons. The molecule has 0 atom stereocenters. The number of hydrogen-bond donors (Lipinski definition) is 2. The van der Waals surface area contributed by atoms with E-state index in [4.69, 9.17) is 9.15 Å². The van der Waals surface area contributed by atoms with Gasteiger partial charge >= 0.3 is 5.88 Å². The third-order valence-corrected chi connectivity index (χ3v) is 2.92. The number of carbonyl (C=O) groups excluding carboxylic acids is 2. The number of ether oxygens (including phenoxy) is 1. The lowest BCUT2D eigenvalue weighted by atomic mass is 10.2. The van der Waals surface area contributed by atoms with E-state index < -0.39 is 22.6 Å². The molecule has 0 saturated carbocycles. The van der Waals surface area contributed by atoms with E-state index in [1.54, 1.807) is 18.2 Å². The number of hydrazone groups is 1. The average molecular weight is 346 g/mol. The Morgan fingerprint density at radius 2 is 2.16 bits per heavy atom. The minimum Gasteiger partial charge on any atom is -0.497 e. The van der Waals surface area contributed by atoms with E-state index in [1.165, 1.54) is 19.2 Å². The van der Waals surface area contributed by atoms with Crippen LogP contribution in [0.2, 0.25) is 0 Å². The minimum absolute atomic E-state index is 0.104. The smallest absolute Gasteiger partial charge is 0.433 e. The maximum Gasteiger partial charge on any atom is 0.433 e. The van der Waals surface area contributed by atoms with Gasteiger partial charge in [0.1, 0.15) is 10.7 Å². The molecule has 0 fully saturated rings. The van der Waals surface area contributed by atoms with E-state index in [-0.39, 0.29) is 12.3 Å². The zero-order valence-electron chi connectivity index (χ0n) is 13.1. The Bertz CT molecular complexity index is 814. The van der Waals surface area contributed by atoms with Crippen molar-refractivity contribution in [3.05, 3.63) is 57.8 Å². The van der Waals surface area contributed by atoms with Gasteiger partial charge in [-0.05, 0) is 24.3 Å². The van der Waals surface area contributed by atoms with E-state index in [0.717, 1.165) is 12.3 Å². The summed E-state index contributed by atoms with van der Waals surface area (Å²) in [5, 5.41) is 16.5. The summed E-state index contributed by atoms with van der Waals surface area (Å²) >= 11 is 0. The van der Waals surface area contributed by atoms with E-state index in [1.807, 2.05) is 0 Å². The topological polar surface area (TPSA) is 136 Å². The predicted octanol–water partition coefficient (Wildman–Crippen LogP) is 1.08. The number of nitrogens with one attached hydrogen (secondary N) is 2. The predicted molar refractivity (Wildman–Crippen MR) is 86.4 cm³/mol. The molecule has 10 heteroatoms. The summed E-state index contributed by atoms with van der Waals surface area (Å²) in [6.45, 7) is -0.300. The second kappa shape index (κ2) is 8.24. The molecular weight excluding hydrogens is 332 g/mol. The second-order valence-corrected chi connectivity index (χ2v) is 4.64. The molecule has 0 aliphatic heterocycles. The van der Waals surface area contributed by atoms with Gasteiger partial charge in [0.15, 0.2) is 5.76 Å². The van der Waals surface area contributed by atoms with Crippen molar-refractivity contribution in [1.29, 1.82) is 0 Å². The third kappa shape index (κ3) is 5.16. The van der Waals surface area contributed by atoms with Crippen molar-refractivity contribution in [2.75, 3.05) is 13.7 Å². The number of rotatable bonds is 7. The summed E-state index contributed by atoms with van der Waals surface area (Å²) in [4.78, 5) is 33.3. The Labute approximate surface area is 141 Å². The molecule has 2 amide bonds.